The predicted molar refractivity (Wildman–Crippen MR) is 61.9 cm³/mol. The summed E-state index contributed by atoms with van der Waals surface area (Å²) in [6, 6.07) is 5.89. The summed E-state index contributed by atoms with van der Waals surface area (Å²) in [6.45, 7) is 2.18. The van der Waals surface area contributed by atoms with E-state index in [1.54, 1.807) is 6.20 Å². The first-order valence-corrected chi connectivity index (χ1v) is 6.00. The molecule has 1 saturated heterocycles. The summed E-state index contributed by atoms with van der Waals surface area (Å²) in [5.41, 5.74) is 0.997. The van der Waals surface area contributed by atoms with Crippen LogP contribution in [0, 0.1) is 17.2 Å². The number of hydrogen-bond donors (Lipinski definition) is 1. The monoisotopic (exact) mass is 229 g/mol. The molecule has 1 N–H and O–H groups in total. The van der Waals surface area contributed by atoms with Gasteiger partial charge in [0, 0.05) is 31.4 Å². The lowest BCUT2D eigenvalue weighted by Gasteiger charge is -2.47. The van der Waals surface area contributed by atoms with Gasteiger partial charge in [-0.05, 0) is 24.8 Å². The largest absolute Gasteiger partial charge is 0.387 e. The number of likely N-dealkylation sites (tertiary alicyclic amines) is 1. The molecule has 0 bridgehead atoms. The van der Waals surface area contributed by atoms with E-state index in [1.165, 1.54) is 12.8 Å². The van der Waals surface area contributed by atoms with Crippen molar-refractivity contribution in [1.29, 1.82) is 5.26 Å². The molecule has 2 fully saturated rings. The van der Waals surface area contributed by atoms with Crippen LogP contribution in [-0.2, 0) is 6.54 Å². The van der Waals surface area contributed by atoms with Crippen LogP contribution in [0.2, 0.25) is 0 Å². The summed E-state index contributed by atoms with van der Waals surface area (Å²) in [6.07, 6.45) is 3.97. The van der Waals surface area contributed by atoms with Crippen LogP contribution < -0.4 is 0 Å². The number of nitrogens with zero attached hydrogens (tertiary/aromatic N) is 3. The fourth-order valence-electron chi connectivity index (χ4n) is 2.63. The van der Waals surface area contributed by atoms with Gasteiger partial charge in [0.25, 0.3) is 0 Å². The normalized spacial score (nSPS) is 22.8. The van der Waals surface area contributed by atoms with E-state index in [1.807, 2.05) is 12.1 Å². The Morgan fingerprint density at radius 1 is 1.53 bits per heavy atom. The topological polar surface area (TPSA) is 60.2 Å². The van der Waals surface area contributed by atoms with Crippen LogP contribution in [0.3, 0.4) is 0 Å². The Hall–Kier alpha value is -1.44. The van der Waals surface area contributed by atoms with Crippen molar-refractivity contribution in [2.75, 3.05) is 13.1 Å². The van der Waals surface area contributed by atoms with Gasteiger partial charge in [-0.1, -0.05) is 6.07 Å². The predicted octanol–water partition coefficient (Wildman–Crippen LogP) is 0.910. The molecule has 17 heavy (non-hydrogen) atoms. The minimum atomic E-state index is -0.449. The van der Waals surface area contributed by atoms with Crippen molar-refractivity contribution >= 4 is 0 Å². The van der Waals surface area contributed by atoms with Crippen LogP contribution in [0.25, 0.3) is 0 Å². The fourth-order valence-corrected chi connectivity index (χ4v) is 2.63. The van der Waals surface area contributed by atoms with Gasteiger partial charge in [0.05, 0.1) is 5.60 Å². The molecule has 88 valence electrons. The van der Waals surface area contributed by atoms with Gasteiger partial charge in [0.2, 0.25) is 0 Å². The van der Waals surface area contributed by atoms with Gasteiger partial charge in [0.15, 0.2) is 0 Å². The van der Waals surface area contributed by atoms with Crippen molar-refractivity contribution in [2.45, 2.75) is 25.0 Å². The molecule has 1 saturated carbocycles. The van der Waals surface area contributed by atoms with Crippen molar-refractivity contribution in [1.82, 2.24) is 9.88 Å². The summed E-state index contributed by atoms with van der Waals surface area (Å²) >= 11 is 0. The molecule has 4 nitrogen and oxygen atoms in total. The average molecular weight is 229 g/mol. The van der Waals surface area contributed by atoms with E-state index in [2.05, 4.69) is 16.0 Å². The van der Waals surface area contributed by atoms with Crippen LogP contribution in [0.15, 0.2) is 18.3 Å². The number of nitriles is 1. The lowest BCUT2D eigenvalue weighted by molar-refractivity contribution is -0.116. The number of aromatic nitrogens is 1. The molecule has 1 aliphatic heterocycles. The zero-order valence-corrected chi connectivity index (χ0v) is 9.63. The molecule has 1 aromatic heterocycles. The maximum atomic E-state index is 10.2. The zero-order chi connectivity index (χ0) is 11.9. The first-order valence-electron chi connectivity index (χ1n) is 6.00. The molecule has 0 radical (unpaired) electrons. The minimum absolute atomic E-state index is 0.449. The number of pyridine rings is 1. The summed E-state index contributed by atoms with van der Waals surface area (Å²) in [5.74, 6) is 0.517. The third kappa shape index (κ3) is 1.92. The highest BCUT2D eigenvalue weighted by Crippen LogP contribution is 2.44. The molecule has 0 aromatic carbocycles. The van der Waals surface area contributed by atoms with Gasteiger partial charge in [-0.3, -0.25) is 4.90 Å². The summed E-state index contributed by atoms with van der Waals surface area (Å²) in [5, 5.41) is 19.1. The van der Waals surface area contributed by atoms with E-state index in [0.29, 0.717) is 18.2 Å². The molecule has 2 aliphatic rings. The molecule has 0 unspecified atom stereocenters. The Bertz CT molecular complexity index is 470. The van der Waals surface area contributed by atoms with Crippen LogP contribution in [0.1, 0.15) is 24.1 Å². The van der Waals surface area contributed by atoms with Crippen LogP contribution >= 0.6 is 0 Å². The van der Waals surface area contributed by atoms with Crippen LogP contribution in [0.4, 0.5) is 0 Å². The van der Waals surface area contributed by atoms with E-state index in [-0.39, 0.29) is 0 Å². The molecule has 2 heterocycles. The van der Waals surface area contributed by atoms with Crippen molar-refractivity contribution in [2.24, 2.45) is 5.92 Å². The third-order valence-corrected chi connectivity index (χ3v) is 3.72. The lowest BCUT2D eigenvalue weighted by atomic mass is 9.88. The maximum Gasteiger partial charge on any atom is 0.144 e. The Morgan fingerprint density at radius 2 is 2.29 bits per heavy atom. The van der Waals surface area contributed by atoms with E-state index in [9.17, 15) is 5.11 Å². The quantitative estimate of drug-likeness (QED) is 0.837. The Labute approximate surface area is 101 Å². The van der Waals surface area contributed by atoms with Gasteiger partial charge in [-0.2, -0.15) is 5.26 Å². The maximum absolute atomic E-state index is 10.2. The first kappa shape index (κ1) is 10.7. The van der Waals surface area contributed by atoms with E-state index in [4.69, 9.17) is 5.26 Å². The number of aliphatic hydroxyl groups is 1. The highest BCUT2D eigenvalue weighted by Gasteiger charge is 2.51. The summed E-state index contributed by atoms with van der Waals surface area (Å²) in [4.78, 5) is 6.22. The highest BCUT2D eigenvalue weighted by molar-refractivity contribution is 5.30. The Morgan fingerprint density at radius 3 is 2.94 bits per heavy atom. The van der Waals surface area contributed by atoms with Crippen LogP contribution in [0.5, 0.6) is 0 Å². The van der Waals surface area contributed by atoms with Gasteiger partial charge in [-0.15, -0.1) is 0 Å². The summed E-state index contributed by atoms with van der Waals surface area (Å²) in [7, 11) is 0. The van der Waals surface area contributed by atoms with Crippen LogP contribution in [-0.4, -0.2) is 33.7 Å². The molecule has 0 spiro atoms. The fraction of sp³-hybridized carbons (Fsp3) is 0.538. The van der Waals surface area contributed by atoms with E-state index < -0.39 is 5.60 Å². The third-order valence-electron chi connectivity index (χ3n) is 3.72. The Kier molecular flexibility index (Phi) is 2.39. The van der Waals surface area contributed by atoms with Gasteiger partial charge in [0.1, 0.15) is 11.8 Å². The van der Waals surface area contributed by atoms with E-state index in [0.717, 1.165) is 18.7 Å². The molecule has 1 aromatic rings. The van der Waals surface area contributed by atoms with Crippen molar-refractivity contribution in [3.05, 3.63) is 29.6 Å². The van der Waals surface area contributed by atoms with Gasteiger partial charge >= 0.3 is 0 Å². The van der Waals surface area contributed by atoms with Crippen molar-refractivity contribution in [3.8, 4) is 6.07 Å². The van der Waals surface area contributed by atoms with Crippen molar-refractivity contribution < 1.29 is 5.11 Å². The summed E-state index contributed by atoms with van der Waals surface area (Å²) < 4.78 is 0. The second kappa shape index (κ2) is 3.80. The zero-order valence-electron chi connectivity index (χ0n) is 9.63. The molecule has 4 heteroatoms. The molecule has 0 atom stereocenters. The Balaban J connectivity index is 1.64. The SMILES string of the molecule is N#Cc1ncccc1CN1CC(O)(C2CC2)C1. The first-order chi connectivity index (χ1) is 8.21. The van der Waals surface area contributed by atoms with Gasteiger partial charge < -0.3 is 5.11 Å². The molecular formula is C13H15N3O. The lowest BCUT2D eigenvalue weighted by Crippen LogP contribution is -2.62. The minimum Gasteiger partial charge on any atom is -0.387 e. The molecule has 3 rings (SSSR count). The second-order valence-corrected chi connectivity index (χ2v) is 5.15. The van der Waals surface area contributed by atoms with E-state index >= 15 is 0 Å². The molecule has 1 aliphatic carbocycles. The number of rotatable bonds is 3. The highest BCUT2D eigenvalue weighted by atomic mass is 16.3. The molecule has 0 amide bonds. The molecular weight excluding hydrogens is 214 g/mol. The van der Waals surface area contributed by atoms with Crippen molar-refractivity contribution in [3.63, 3.8) is 0 Å². The smallest absolute Gasteiger partial charge is 0.144 e. The number of hydrogen-bond acceptors (Lipinski definition) is 4. The second-order valence-electron chi connectivity index (χ2n) is 5.15. The number of β-amino-alcohol motifs (C(OH)–C–C–N with tert-alkyl or cyclic N) is 1. The standard InChI is InChI=1S/C13H15N3O/c14-6-12-10(2-1-5-15-12)7-16-8-13(17,9-16)11-3-4-11/h1-2,5,11,17H,3-4,7-9H2. The van der Waals surface area contributed by atoms with Gasteiger partial charge in [-0.25, -0.2) is 4.98 Å². The average Bonchev–Trinajstić information content (AvgIpc) is 3.11.